The van der Waals surface area contributed by atoms with Crippen molar-refractivity contribution < 1.29 is 24.2 Å². The number of benzene rings is 3. The van der Waals surface area contributed by atoms with E-state index in [4.69, 9.17) is 9.47 Å². The first kappa shape index (κ1) is 28.7. The fraction of sp³-hybridized carbons (Fsp3) is 0.333. The zero-order valence-corrected chi connectivity index (χ0v) is 24.5. The van der Waals surface area contributed by atoms with Crippen molar-refractivity contribution in [3.05, 3.63) is 88.5 Å². The van der Waals surface area contributed by atoms with E-state index in [1.807, 2.05) is 90.0 Å². The monoisotopic (exact) mass is 542 g/mol. The molecular formula is C33H38N2O5. The van der Waals surface area contributed by atoms with E-state index < -0.39 is 17.7 Å². The molecule has 1 amide bonds. The SMILES string of the molecule is COc1cc(C)c(/C(O)=C2\C(=O)C(=O)N(c3ccc(OC(C)C)cc3)C2c2ccc(N(C)C)cc2)cc1C(C)C. The highest BCUT2D eigenvalue weighted by Gasteiger charge is 2.47. The Bertz CT molecular complexity index is 1440. The van der Waals surface area contributed by atoms with Crippen LogP contribution in [0, 0.1) is 6.92 Å². The molecule has 1 atom stereocenters. The van der Waals surface area contributed by atoms with Gasteiger partial charge in [0, 0.05) is 31.0 Å². The van der Waals surface area contributed by atoms with Gasteiger partial charge in [0.2, 0.25) is 0 Å². The minimum absolute atomic E-state index is 0.00115. The summed E-state index contributed by atoms with van der Waals surface area (Å²) in [6.07, 6.45) is -0.00115. The molecule has 0 aromatic heterocycles. The average Bonchev–Trinajstić information content (AvgIpc) is 3.18. The number of carbonyl (C=O) groups excluding carboxylic acids is 2. The molecule has 7 heteroatoms. The van der Waals surface area contributed by atoms with E-state index in [0.29, 0.717) is 28.3 Å². The van der Waals surface area contributed by atoms with Crippen LogP contribution in [0.3, 0.4) is 0 Å². The number of hydrogen-bond donors (Lipinski definition) is 1. The quantitative estimate of drug-likeness (QED) is 0.196. The van der Waals surface area contributed by atoms with E-state index in [0.717, 1.165) is 16.8 Å². The van der Waals surface area contributed by atoms with Crippen molar-refractivity contribution in [2.75, 3.05) is 31.0 Å². The fourth-order valence-electron chi connectivity index (χ4n) is 5.05. The zero-order valence-electron chi connectivity index (χ0n) is 24.5. The number of aliphatic hydroxyl groups is 1. The van der Waals surface area contributed by atoms with Crippen molar-refractivity contribution >= 4 is 28.8 Å². The van der Waals surface area contributed by atoms with E-state index in [-0.39, 0.29) is 23.4 Å². The molecule has 1 aliphatic heterocycles. The molecule has 1 fully saturated rings. The zero-order chi connectivity index (χ0) is 29.3. The molecule has 1 aliphatic rings. The molecule has 3 aromatic carbocycles. The van der Waals surface area contributed by atoms with Gasteiger partial charge in [0.1, 0.15) is 17.3 Å². The van der Waals surface area contributed by atoms with Crippen LogP contribution in [0.1, 0.15) is 61.9 Å². The minimum atomic E-state index is -0.822. The van der Waals surface area contributed by atoms with Gasteiger partial charge in [0.15, 0.2) is 0 Å². The Morgan fingerprint density at radius 2 is 1.57 bits per heavy atom. The number of methoxy groups -OCH3 is 1. The Morgan fingerprint density at radius 1 is 0.950 bits per heavy atom. The molecule has 40 heavy (non-hydrogen) atoms. The third-order valence-corrected chi connectivity index (χ3v) is 7.11. The van der Waals surface area contributed by atoms with Gasteiger partial charge in [0.05, 0.1) is 24.8 Å². The third kappa shape index (κ3) is 5.41. The number of ketones is 1. The second-order valence-electron chi connectivity index (χ2n) is 10.9. The maximum absolute atomic E-state index is 13.7. The largest absolute Gasteiger partial charge is 0.507 e. The number of Topliss-reactive ketones (excluding diaryl/α,β-unsaturated/α-hetero) is 1. The van der Waals surface area contributed by atoms with Crippen LogP contribution in [0.5, 0.6) is 11.5 Å². The summed E-state index contributed by atoms with van der Waals surface area (Å²) in [6.45, 7) is 9.81. The molecule has 4 rings (SSSR count). The lowest BCUT2D eigenvalue weighted by molar-refractivity contribution is -0.132. The molecule has 1 unspecified atom stereocenters. The lowest BCUT2D eigenvalue weighted by atomic mass is 9.91. The van der Waals surface area contributed by atoms with Gasteiger partial charge in [-0.3, -0.25) is 14.5 Å². The first-order valence-corrected chi connectivity index (χ1v) is 13.5. The Hall–Kier alpha value is -4.26. The number of ether oxygens (including phenoxy) is 2. The van der Waals surface area contributed by atoms with Crippen LogP contribution in [-0.4, -0.2) is 44.1 Å². The summed E-state index contributed by atoms with van der Waals surface area (Å²) < 4.78 is 11.3. The number of nitrogens with zero attached hydrogens (tertiary/aromatic N) is 2. The molecule has 3 aromatic rings. The second kappa shape index (κ2) is 11.5. The standard InChI is InChI=1S/C33H38N2O5/c1-19(2)26-18-27(21(5)17-28(26)39-8)31(36)29-30(22-9-11-23(12-10-22)34(6)7)35(33(38)32(29)37)24-13-15-25(16-14-24)40-20(3)4/h9-20,30,36H,1-8H3/b31-29+. The molecule has 7 nitrogen and oxygen atoms in total. The van der Waals surface area contributed by atoms with Gasteiger partial charge in [0.25, 0.3) is 11.7 Å². The number of aliphatic hydroxyl groups excluding tert-OH is 1. The molecule has 0 radical (unpaired) electrons. The van der Waals surface area contributed by atoms with Gasteiger partial charge in [-0.15, -0.1) is 0 Å². The van der Waals surface area contributed by atoms with Crippen LogP contribution in [-0.2, 0) is 9.59 Å². The second-order valence-corrected chi connectivity index (χ2v) is 10.9. The molecule has 1 N–H and O–H groups in total. The molecule has 0 aliphatic carbocycles. The molecule has 1 heterocycles. The van der Waals surface area contributed by atoms with Crippen molar-refractivity contribution in [2.45, 2.75) is 52.7 Å². The Balaban J connectivity index is 1.93. The van der Waals surface area contributed by atoms with Crippen LogP contribution >= 0.6 is 0 Å². The van der Waals surface area contributed by atoms with Gasteiger partial charge in [-0.25, -0.2) is 0 Å². The van der Waals surface area contributed by atoms with Crippen molar-refractivity contribution in [3.8, 4) is 11.5 Å². The Labute approximate surface area is 236 Å². The molecule has 210 valence electrons. The normalized spacial score (nSPS) is 16.6. The number of hydrogen-bond acceptors (Lipinski definition) is 6. The summed E-state index contributed by atoms with van der Waals surface area (Å²) in [6, 6.07) is 17.6. The van der Waals surface area contributed by atoms with Gasteiger partial charge in [-0.2, -0.15) is 0 Å². The molecular weight excluding hydrogens is 504 g/mol. The number of amides is 1. The summed E-state index contributed by atoms with van der Waals surface area (Å²) in [5, 5.41) is 11.8. The Morgan fingerprint density at radius 3 is 2.10 bits per heavy atom. The number of aryl methyl sites for hydroxylation is 1. The maximum Gasteiger partial charge on any atom is 0.300 e. The molecule has 1 saturated heterocycles. The first-order valence-electron chi connectivity index (χ1n) is 13.5. The van der Waals surface area contributed by atoms with Gasteiger partial charge in [-0.1, -0.05) is 26.0 Å². The van der Waals surface area contributed by atoms with Crippen molar-refractivity contribution in [1.29, 1.82) is 0 Å². The maximum atomic E-state index is 13.7. The number of anilines is 2. The van der Waals surface area contributed by atoms with Gasteiger partial charge in [-0.05, 0) is 91.9 Å². The summed E-state index contributed by atoms with van der Waals surface area (Å²) in [7, 11) is 5.50. The predicted octanol–water partition coefficient (Wildman–Crippen LogP) is 6.61. The molecule has 0 saturated carbocycles. The van der Waals surface area contributed by atoms with Crippen LogP contribution < -0.4 is 19.3 Å². The van der Waals surface area contributed by atoms with Crippen molar-refractivity contribution in [2.24, 2.45) is 0 Å². The van der Waals surface area contributed by atoms with Gasteiger partial charge < -0.3 is 19.5 Å². The van der Waals surface area contributed by atoms with Crippen LogP contribution in [0.25, 0.3) is 5.76 Å². The minimum Gasteiger partial charge on any atom is -0.507 e. The first-order chi connectivity index (χ1) is 18.9. The smallest absolute Gasteiger partial charge is 0.300 e. The topological polar surface area (TPSA) is 79.3 Å². The number of rotatable bonds is 8. The highest BCUT2D eigenvalue weighted by molar-refractivity contribution is 6.51. The van der Waals surface area contributed by atoms with E-state index in [2.05, 4.69) is 0 Å². The Kier molecular flexibility index (Phi) is 8.24. The summed E-state index contributed by atoms with van der Waals surface area (Å²) >= 11 is 0. The lowest BCUT2D eigenvalue weighted by Crippen LogP contribution is -2.29. The highest BCUT2D eigenvalue weighted by Crippen LogP contribution is 2.44. The highest BCUT2D eigenvalue weighted by atomic mass is 16.5. The van der Waals surface area contributed by atoms with Crippen LogP contribution in [0.2, 0.25) is 0 Å². The third-order valence-electron chi connectivity index (χ3n) is 7.11. The van der Waals surface area contributed by atoms with Gasteiger partial charge >= 0.3 is 0 Å². The van der Waals surface area contributed by atoms with E-state index in [9.17, 15) is 14.7 Å². The fourth-order valence-corrected chi connectivity index (χ4v) is 5.05. The lowest BCUT2D eigenvalue weighted by Gasteiger charge is -2.26. The van der Waals surface area contributed by atoms with E-state index >= 15 is 0 Å². The van der Waals surface area contributed by atoms with E-state index in [1.54, 1.807) is 31.4 Å². The summed E-state index contributed by atoms with van der Waals surface area (Å²) in [4.78, 5) is 30.7. The van der Waals surface area contributed by atoms with E-state index in [1.165, 1.54) is 4.90 Å². The van der Waals surface area contributed by atoms with Crippen LogP contribution in [0.4, 0.5) is 11.4 Å². The van der Waals surface area contributed by atoms with Crippen molar-refractivity contribution in [1.82, 2.24) is 0 Å². The number of carbonyl (C=O) groups is 2. The molecule has 0 bridgehead atoms. The summed E-state index contributed by atoms with van der Waals surface area (Å²) in [5.41, 5.74) is 4.41. The molecule has 0 spiro atoms. The average molecular weight is 543 g/mol. The summed E-state index contributed by atoms with van der Waals surface area (Å²) in [5.74, 6) is -0.143. The predicted molar refractivity (Wildman–Crippen MR) is 160 cm³/mol. The van der Waals surface area contributed by atoms with Crippen molar-refractivity contribution in [3.63, 3.8) is 0 Å². The van der Waals surface area contributed by atoms with Crippen LogP contribution in [0.15, 0.2) is 66.2 Å².